The third-order valence-electron chi connectivity index (χ3n) is 7.00. The Balaban J connectivity index is 1.69. The highest BCUT2D eigenvalue weighted by molar-refractivity contribution is 9.10. The van der Waals surface area contributed by atoms with Crippen LogP contribution in [-0.4, -0.2) is 10.7 Å². The Morgan fingerprint density at radius 1 is 1.00 bits per heavy atom. The van der Waals surface area contributed by atoms with E-state index in [9.17, 15) is 5.11 Å². The van der Waals surface area contributed by atoms with Crippen molar-refractivity contribution in [2.24, 2.45) is 17.8 Å². The second-order valence-electron chi connectivity index (χ2n) is 10.7. The molecule has 2 nitrogen and oxygen atoms in total. The van der Waals surface area contributed by atoms with Gasteiger partial charge in [-0.25, -0.2) is 0 Å². The molecule has 1 aromatic carbocycles. The highest BCUT2D eigenvalue weighted by Crippen LogP contribution is 2.44. The van der Waals surface area contributed by atoms with Crippen molar-refractivity contribution in [3.8, 4) is 11.5 Å². The summed E-state index contributed by atoms with van der Waals surface area (Å²) in [5.41, 5.74) is 2.08. The van der Waals surface area contributed by atoms with Crippen LogP contribution >= 0.6 is 15.9 Å². The topological polar surface area (TPSA) is 29.5 Å². The van der Waals surface area contributed by atoms with Gasteiger partial charge < -0.3 is 9.84 Å². The van der Waals surface area contributed by atoms with E-state index in [4.69, 9.17) is 4.74 Å². The lowest BCUT2D eigenvalue weighted by atomic mass is 9.85. The van der Waals surface area contributed by atoms with Crippen molar-refractivity contribution in [1.82, 2.24) is 0 Å². The molecular formula is C27H45BrO2. The second-order valence-corrected chi connectivity index (χ2v) is 11.5. The van der Waals surface area contributed by atoms with Crippen LogP contribution in [0, 0.1) is 24.7 Å². The lowest BCUT2D eigenvalue weighted by molar-refractivity contribution is 0.0512. The summed E-state index contributed by atoms with van der Waals surface area (Å²) in [6.45, 7) is 13.8. The average molecular weight is 482 g/mol. The fourth-order valence-electron chi connectivity index (χ4n) is 4.86. The van der Waals surface area contributed by atoms with Crippen molar-refractivity contribution in [2.45, 2.75) is 118 Å². The van der Waals surface area contributed by atoms with Crippen molar-refractivity contribution in [2.75, 3.05) is 0 Å². The molecule has 0 saturated carbocycles. The summed E-state index contributed by atoms with van der Waals surface area (Å²) in [7, 11) is 0. The number of hydrogen-bond acceptors (Lipinski definition) is 2. The summed E-state index contributed by atoms with van der Waals surface area (Å²) in [6, 6.07) is 1.81. The van der Waals surface area contributed by atoms with Crippen molar-refractivity contribution in [3.05, 3.63) is 21.7 Å². The minimum absolute atomic E-state index is 0.0845. The van der Waals surface area contributed by atoms with Crippen LogP contribution in [0.1, 0.15) is 110 Å². The number of phenols is 1. The Bertz CT molecular complexity index is 669. The molecule has 1 aliphatic heterocycles. The summed E-state index contributed by atoms with van der Waals surface area (Å²) >= 11 is 3.53. The normalized spacial score (nSPS) is 20.7. The molecule has 30 heavy (non-hydrogen) atoms. The number of ether oxygens (including phenoxy) is 1. The molecule has 0 fully saturated rings. The highest BCUT2D eigenvalue weighted by atomic mass is 79.9. The monoisotopic (exact) mass is 480 g/mol. The molecule has 0 radical (unpaired) electrons. The zero-order valence-electron chi connectivity index (χ0n) is 20.3. The fourth-order valence-corrected chi connectivity index (χ4v) is 5.35. The molecular weight excluding hydrogens is 436 g/mol. The number of halogens is 1. The summed E-state index contributed by atoms with van der Waals surface area (Å²) in [4.78, 5) is 0. The van der Waals surface area contributed by atoms with Gasteiger partial charge in [-0.05, 0) is 84.8 Å². The van der Waals surface area contributed by atoms with E-state index in [2.05, 4.69) is 50.5 Å². The quantitative estimate of drug-likeness (QED) is 0.323. The molecule has 0 unspecified atom stereocenters. The van der Waals surface area contributed by atoms with Gasteiger partial charge in [-0.15, -0.1) is 0 Å². The molecule has 3 heteroatoms. The number of rotatable bonds is 12. The van der Waals surface area contributed by atoms with Crippen LogP contribution < -0.4 is 4.74 Å². The maximum Gasteiger partial charge on any atom is 0.130 e. The molecule has 0 bridgehead atoms. The Morgan fingerprint density at radius 2 is 1.57 bits per heavy atom. The van der Waals surface area contributed by atoms with Gasteiger partial charge in [-0.2, -0.15) is 0 Å². The molecule has 1 aromatic rings. The van der Waals surface area contributed by atoms with Gasteiger partial charge in [0.15, 0.2) is 0 Å². The third kappa shape index (κ3) is 7.77. The molecule has 3 atom stereocenters. The Labute approximate surface area is 194 Å². The van der Waals surface area contributed by atoms with Gasteiger partial charge in [0.25, 0.3) is 0 Å². The van der Waals surface area contributed by atoms with Crippen LogP contribution in [0.5, 0.6) is 11.5 Å². The van der Waals surface area contributed by atoms with Crippen LogP contribution in [0.2, 0.25) is 0 Å². The summed E-state index contributed by atoms with van der Waals surface area (Å²) in [5.74, 6) is 3.83. The van der Waals surface area contributed by atoms with E-state index in [0.717, 1.165) is 58.4 Å². The highest BCUT2D eigenvalue weighted by Gasteiger charge is 2.33. The van der Waals surface area contributed by atoms with Crippen molar-refractivity contribution in [1.29, 1.82) is 0 Å². The molecule has 0 aromatic heterocycles. The molecule has 1 heterocycles. The first-order valence-electron chi connectivity index (χ1n) is 12.3. The first-order chi connectivity index (χ1) is 14.1. The fraction of sp³-hybridized carbons (Fsp3) is 0.778. The van der Waals surface area contributed by atoms with Crippen LogP contribution in [0.15, 0.2) is 10.5 Å². The van der Waals surface area contributed by atoms with E-state index in [1.807, 2.05) is 6.92 Å². The van der Waals surface area contributed by atoms with Crippen LogP contribution in [0.4, 0.5) is 0 Å². The average Bonchev–Trinajstić information content (AvgIpc) is 2.66. The molecule has 1 N–H and O–H groups in total. The van der Waals surface area contributed by atoms with Gasteiger partial charge in [-0.1, -0.05) is 72.6 Å². The maximum atomic E-state index is 10.1. The smallest absolute Gasteiger partial charge is 0.130 e. The van der Waals surface area contributed by atoms with Gasteiger partial charge in [0.2, 0.25) is 0 Å². The number of hydrogen-bond donors (Lipinski definition) is 1. The van der Waals surface area contributed by atoms with Gasteiger partial charge in [-0.3, -0.25) is 0 Å². The standard InChI is InChI=1S/C27H45BrO2/c1-19(2)10-7-11-20(3)12-8-13-21(4)14-9-16-27(6)17-15-23-25(28)24(29)18-22(5)26(23)30-27/h18-21,29H,7-17H2,1-6H3/t20-,21-,27-/m1/s1. The van der Waals surface area contributed by atoms with E-state index in [-0.39, 0.29) is 5.60 Å². The van der Waals surface area contributed by atoms with Crippen LogP contribution in [0.3, 0.4) is 0 Å². The minimum atomic E-state index is -0.0845. The van der Waals surface area contributed by atoms with E-state index in [0.29, 0.717) is 5.75 Å². The Morgan fingerprint density at radius 3 is 2.17 bits per heavy atom. The summed E-state index contributed by atoms with van der Waals surface area (Å²) in [5, 5.41) is 10.1. The zero-order chi connectivity index (χ0) is 22.3. The molecule has 0 aliphatic carbocycles. The van der Waals surface area contributed by atoms with Gasteiger partial charge in [0.1, 0.15) is 17.1 Å². The van der Waals surface area contributed by atoms with Gasteiger partial charge in [0.05, 0.1) is 4.47 Å². The van der Waals surface area contributed by atoms with Gasteiger partial charge >= 0.3 is 0 Å². The first-order valence-corrected chi connectivity index (χ1v) is 13.1. The molecule has 0 amide bonds. The van der Waals surface area contributed by atoms with Crippen molar-refractivity contribution >= 4 is 15.9 Å². The number of aryl methyl sites for hydroxylation is 1. The Kier molecular flexibility index (Phi) is 10.0. The van der Waals surface area contributed by atoms with Crippen molar-refractivity contribution in [3.63, 3.8) is 0 Å². The first kappa shape index (κ1) is 25.6. The van der Waals surface area contributed by atoms with Crippen LogP contribution in [-0.2, 0) is 6.42 Å². The van der Waals surface area contributed by atoms with Crippen molar-refractivity contribution < 1.29 is 9.84 Å². The molecule has 1 aliphatic rings. The predicted molar refractivity (Wildman–Crippen MR) is 133 cm³/mol. The number of fused-ring (bicyclic) bond motifs is 1. The molecule has 0 spiro atoms. The molecule has 172 valence electrons. The van der Waals surface area contributed by atoms with E-state index in [1.165, 1.54) is 51.4 Å². The number of phenolic OH excluding ortho intramolecular Hbond substituents is 1. The molecule has 2 rings (SSSR count). The van der Waals surface area contributed by atoms with E-state index >= 15 is 0 Å². The third-order valence-corrected chi connectivity index (χ3v) is 7.89. The van der Waals surface area contributed by atoms with Gasteiger partial charge in [0, 0.05) is 5.56 Å². The zero-order valence-corrected chi connectivity index (χ0v) is 21.9. The SMILES string of the molecule is Cc1cc(O)c(Br)c2c1O[C@](C)(CCC[C@H](C)CCC[C@H](C)CCCC(C)C)CC2. The Hall–Kier alpha value is -0.700. The predicted octanol–water partition coefficient (Wildman–Crippen LogP) is 8.99. The molecule has 0 saturated heterocycles. The van der Waals surface area contributed by atoms with E-state index in [1.54, 1.807) is 6.07 Å². The summed E-state index contributed by atoms with van der Waals surface area (Å²) < 4.78 is 7.30. The van der Waals surface area contributed by atoms with Crippen LogP contribution in [0.25, 0.3) is 0 Å². The lowest BCUT2D eigenvalue weighted by Gasteiger charge is -2.37. The maximum absolute atomic E-state index is 10.1. The number of benzene rings is 1. The number of aromatic hydroxyl groups is 1. The lowest BCUT2D eigenvalue weighted by Crippen LogP contribution is -2.36. The van der Waals surface area contributed by atoms with E-state index < -0.39 is 0 Å². The minimum Gasteiger partial charge on any atom is -0.507 e. The summed E-state index contributed by atoms with van der Waals surface area (Å²) in [6.07, 6.45) is 13.9. The largest absolute Gasteiger partial charge is 0.507 e. The second kappa shape index (κ2) is 11.8.